The number of nitrogens with one attached hydrogen (secondary N) is 2. The van der Waals surface area contributed by atoms with Crippen LogP contribution in [0.2, 0.25) is 0 Å². The molecule has 4 aromatic rings. The van der Waals surface area contributed by atoms with E-state index in [2.05, 4.69) is 20.2 Å². The number of nitrogens with zero attached hydrogens (tertiary/aromatic N) is 4. The number of amides is 2. The lowest BCUT2D eigenvalue weighted by Gasteiger charge is -2.25. The molecule has 3 aromatic heterocycles. The summed E-state index contributed by atoms with van der Waals surface area (Å²) in [5.41, 5.74) is 1.25. The predicted molar refractivity (Wildman–Crippen MR) is 162 cm³/mol. The van der Waals surface area contributed by atoms with Crippen LogP contribution in [0.3, 0.4) is 0 Å². The fraction of sp³-hybridized carbons (Fsp3) is 0.379. The first-order valence-electron chi connectivity index (χ1n) is 14.2. The molecule has 0 saturated carbocycles. The van der Waals surface area contributed by atoms with Gasteiger partial charge in [-0.15, -0.1) is 11.3 Å². The van der Waals surface area contributed by atoms with Crippen molar-refractivity contribution in [3.05, 3.63) is 54.4 Å². The van der Waals surface area contributed by atoms with Crippen LogP contribution in [-0.2, 0) is 19.6 Å². The van der Waals surface area contributed by atoms with Gasteiger partial charge in [-0.25, -0.2) is 18.1 Å². The normalized spacial score (nSPS) is 18.3. The second kappa shape index (κ2) is 12.2. The van der Waals surface area contributed by atoms with Crippen molar-refractivity contribution in [2.45, 2.75) is 49.3 Å². The lowest BCUT2D eigenvalue weighted by Crippen LogP contribution is -2.45. The number of benzene rings is 1. The maximum atomic E-state index is 13.6. The number of aliphatic imine (C=N–C) groups is 1. The molecule has 0 spiro atoms. The summed E-state index contributed by atoms with van der Waals surface area (Å²) in [6.07, 6.45) is 5.29. The Morgan fingerprint density at radius 2 is 1.91 bits per heavy atom. The van der Waals surface area contributed by atoms with Crippen LogP contribution in [0.1, 0.15) is 37.9 Å². The van der Waals surface area contributed by atoms with Gasteiger partial charge in [-0.3, -0.25) is 9.59 Å². The molecule has 226 valence electrons. The summed E-state index contributed by atoms with van der Waals surface area (Å²) in [6, 6.07) is 11.1. The quantitative estimate of drug-likeness (QED) is 0.229. The number of sulfonamides is 1. The number of likely N-dealkylation sites (tertiary alicyclic amines) is 2. The van der Waals surface area contributed by atoms with Crippen molar-refractivity contribution in [2.75, 3.05) is 31.5 Å². The number of hydrogen-bond donors (Lipinski definition) is 2. The maximum Gasteiger partial charge on any atom is 0.273 e. The number of thiophene rings is 1. The average Bonchev–Trinajstić information content (AvgIpc) is 3.78. The Morgan fingerprint density at radius 1 is 1.09 bits per heavy atom. The molecule has 1 aromatic carbocycles. The molecule has 2 aliphatic heterocycles. The van der Waals surface area contributed by atoms with Gasteiger partial charge in [0.15, 0.2) is 5.76 Å². The largest absolute Gasteiger partial charge is 0.461 e. The molecule has 2 amide bonds. The van der Waals surface area contributed by atoms with Crippen molar-refractivity contribution >= 4 is 55.8 Å². The van der Waals surface area contributed by atoms with Gasteiger partial charge in [0.05, 0.1) is 17.6 Å². The Labute approximate surface area is 252 Å². The number of fused-ring (bicyclic) bond motifs is 1. The molecular formula is C29H32N6O6S2. The second-order valence-electron chi connectivity index (χ2n) is 10.7. The minimum atomic E-state index is -4.10. The zero-order valence-electron chi connectivity index (χ0n) is 23.6. The van der Waals surface area contributed by atoms with Crippen LogP contribution in [-0.4, -0.2) is 73.4 Å². The highest BCUT2D eigenvalue weighted by Crippen LogP contribution is 2.30. The molecule has 2 aliphatic rings. The van der Waals surface area contributed by atoms with Crippen molar-refractivity contribution in [1.29, 1.82) is 0 Å². The third-order valence-electron chi connectivity index (χ3n) is 7.48. The van der Waals surface area contributed by atoms with E-state index in [0.717, 1.165) is 41.7 Å². The molecular weight excluding hydrogens is 592 g/mol. The van der Waals surface area contributed by atoms with Crippen molar-refractivity contribution in [3.63, 3.8) is 0 Å². The van der Waals surface area contributed by atoms with Crippen molar-refractivity contribution in [3.8, 4) is 10.6 Å². The van der Waals surface area contributed by atoms with Crippen LogP contribution in [0, 0.1) is 6.92 Å². The maximum absolute atomic E-state index is 13.6. The van der Waals surface area contributed by atoms with E-state index in [4.69, 9.17) is 8.94 Å². The Kier molecular flexibility index (Phi) is 8.21. The molecule has 2 fully saturated rings. The van der Waals surface area contributed by atoms with E-state index >= 15 is 0 Å². The SMILES string of the molecule is Cc1cc2cc(NC(=NC3CCCCN(CC(=O)N4CCCC4)C3=O)NS(=O)(=O)c3ccc(-c4ccno4)s3)ccc2o1. The minimum Gasteiger partial charge on any atom is -0.461 e. The second-order valence-corrected chi connectivity index (χ2v) is 13.7. The van der Waals surface area contributed by atoms with Crippen LogP contribution in [0.4, 0.5) is 5.69 Å². The van der Waals surface area contributed by atoms with Crippen molar-refractivity contribution in [1.82, 2.24) is 19.7 Å². The van der Waals surface area contributed by atoms with Gasteiger partial charge in [0.2, 0.25) is 17.8 Å². The first-order valence-corrected chi connectivity index (χ1v) is 16.5. The Balaban J connectivity index is 1.29. The molecule has 12 nitrogen and oxygen atoms in total. The minimum absolute atomic E-state index is 0.00451. The van der Waals surface area contributed by atoms with E-state index in [0.29, 0.717) is 54.4 Å². The highest BCUT2D eigenvalue weighted by molar-refractivity contribution is 7.92. The summed E-state index contributed by atoms with van der Waals surface area (Å²) < 4.78 is 40.5. The van der Waals surface area contributed by atoms with Crippen molar-refractivity contribution < 1.29 is 26.9 Å². The van der Waals surface area contributed by atoms with Gasteiger partial charge < -0.3 is 24.1 Å². The van der Waals surface area contributed by atoms with Gasteiger partial charge in [-0.1, -0.05) is 5.16 Å². The van der Waals surface area contributed by atoms with Gasteiger partial charge in [0.1, 0.15) is 21.6 Å². The number of hydrogen-bond acceptors (Lipinski definition) is 9. The molecule has 0 bridgehead atoms. The molecule has 2 N–H and O–H groups in total. The van der Waals surface area contributed by atoms with E-state index in [1.54, 1.807) is 34.1 Å². The Hall–Kier alpha value is -4.17. The molecule has 5 heterocycles. The number of furan rings is 1. The van der Waals surface area contributed by atoms with Crippen LogP contribution in [0.15, 0.2) is 66.8 Å². The van der Waals surface area contributed by atoms with Crippen LogP contribution < -0.4 is 10.0 Å². The summed E-state index contributed by atoms with van der Waals surface area (Å²) in [5.74, 6) is 0.733. The van der Waals surface area contributed by atoms with Crippen LogP contribution in [0.5, 0.6) is 0 Å². The van der Waals surface area contributed by atoms with Gasteiger partial charge in [0, 0.05) is 36.8 Å². The average molecular weight is 625 g/mol. The first-order chi connectivity index (χ1) is 20.7. The van der Waals surface area contributed by atoms with E-state index in [1.165, 1.54) is 12.3 Å². The fourth-order valence-corrected chi connectivity index (χ4v) is 7.57. The molecule has 2 saturated heterocycles. The summed E-state index contributed by atoms with van der Waals surface area (Å²) in [4.78, 5) is 35.1. The third-order valence-corrected chi connectivity index (χ3v) is 10.4. The lowest BCUT2D eigenvalue weighted by molar-refractivity contribution is -0.140. The molecule has 0 radical (unpaired) electrons. The third kappa shape index (κ3) is 6.59. The van der Waals surface area contributed by atoms with Gasteiger partial charge in [0.25, 0.3) is 10.0 Å². The predicted octanol–water partition coefficient (Wildman–Crippen LogP) is 4.21. The number of carbonyl (C=O) groups excluding carboxylic acids is 2. The van der Waals surface area contributed by atoms with E-state index in [1.807, 2.05) is 19.1 Å². The van der Waals surface area contributed by atoms with E-state index in [9.17, 15) is 18.0 Å². The number of rotatable bonds is 7. The number of carbonyl (C=O) groups is 2. The molecule has 1 atom stereocenters. The highest BCUT2D eigenvalue weighted by Gasteiger charge is 2.31. The van der Waals surface area contributed by atoms with Gasteiger partial charge >= 0.3 is 0 Å². The molecule has 6 rings (SSSR count). The Morgan fingerprint density at radius 3 is 2.70 bits per heavy atom. The van der Waals surface area contributed by atoms with Crippen LogP contribution in [0.25, 0.3) is 21.6 Å². The summed E-state index contributed by atoms with van der Waals surface area (Å²) in [7, 11) is -4.10. The zero-order chi connectivity index (χ0) is 30.0. The van der Waals surface area contributed by atoms with E-state index < -0.39 is 16.1 Å². The molecule has 14 heteroatoms. The Bertz CT molecular complexity index is 1750. The summed E-state index contributed by atoms with van der Waals surface area (Å²) in [6.45, 7) is 3.71. The first kappa shape index (κ1) is 28.9. The summed E-state index contributed by atoms with van der Waals surface area (Å²) in [5, 5.41) is 7.59. The lowest BCUT2D eigenvalue weighted by atomic mass is 10.1. The van der Waals surface area contributed by atoms with Crippen molar-refractivity contribution in [2.24, 2.45) is 4.99 Å². The van der Waals surface area contributed by atoms with Gasteiger partial charge in [-0.2, -0.15) is 0 Å². The standard InChI is InChI=1S/C29H32N6O6S2/c1-19-16-20-17-21(7-8-23(20)40-19)31-29(33-43(38,39)27-10-9-25(42-27)24-11-12-30-41-24)32-22-6-2-3-15-35(28(22)37)18-26(36)34-13-4-5-14-34/h7-12,16-17,22H,2-6,13-15,18H2,1H3,(H2,31,32,33). The van der Waals surface area contributed by atoms with Crippen LogP contribution >= 0.6 is 11.3 Å². The topological polar surface area (TPSA) is 150 Å². The molecule has 43 heavy (non-hydrogen) atoms. The number of aromatic nitrogens is 1. The highest BCUT2D eigenvalue weighted by atomic mass is 32.2. The summed E-state index contributed by atoms with van der Waals surface area (Å²) >= 11 is 1.02. The number of guanidine groups is 1. The fourth-order valence-electron chi connectivity index (χ4n) is 5.34. The number of aryl methyl sites for hydroxylation is 1. The smallest absolute Gasteiger partial charge is 0.273 e. The van der Waals surface area contributed by atoms with Gasteiger partial charge in [-0.05, 0) is 75.4 Å². The zero-order valence-corrected chi connectivity index (χ0v) is 25.2. The van der Waals surface area contributed by atoms with E-state index in [-0.39, 0.29) is 28.5 Å². The monoisotopic (exact) mass is 624 g/mol. The number of anilines is 1. The molecule has 1 unspecified atom stereocenters. The molecule has 0 aliphatic carbocycles.